The maximum Gasteiger partial charge on any atom is 0.251 e. The Kier molecular flexibility index (Phi) is 5.75. The quantitative estimate of drug-likeness (QED) is 0.508. The fourth-order valence-corrected chi connectivity index (χ4v) is 3.33. The molecule has 0 fully saturated rings. The maximum atomic E-state index is 12.4. The number of imidazole rings is 1. The van der Waals surface area contributed by atoms with E-state index in [1.54, 1.807) is 24.5 Å². The molecule has 0 atom stereocenters. The number of benzene rings is 2. The highest BCUT2D eigenvalue weighted by Crippen LogP contribution is 2.18. The molecule has 30 heavy (non-hydrogen) atoms. The van der Waals surface area contributed by atoms with Gasteiger partial charge < -0.3 is 14.6 Å². The summed E-state index contributed by atoms with van der Waals surface area (Å²) < 4.78 is 8.07. The lowest BCUT2D eigenvalue weighted by Crippen LogP contribution is -2.25. The third-order valence-corrected chi connectivity index (χ3v) is 5.15. The summed E-state index contributed by atoms with van der Waals surface area (Å²) in [6, 6.07) is 17.5. The number of para-hydroxylation sites is 2. The van der Waals surface area contributed by atoms with Crippen molar-refractivity contribution in [1.29, 1.82) is 0 Å². The summed E-state index contributed by atoms with van der Waals surface area (Å²) in [5, 5.41) is 2.95. The lowest BCUT2D eigenvalue weighted by Gasteiger charge is -2.12. The summed E-state index contributed by atoms with van der Waals surface area (Å²) in [6.07, 6.45) is 3.21. The van der Waals surface area contributed by atoms with E-state index in [1.165, 1.54) is 11.1 Å². The average Bonchev–Trinajstić information content (AvgIpc) is 3.13. The fourth-order valence-electron chi connectivity index (χ4n) is 3.33. The Morgan fingerprint density at radius 2 is 1.83 bits per heavy atom. The first-order chi connectivity index (χ1) is 14.6. The summed E-state index contributed by atoms with van der Waals surface area (Å²) in [5.41, 5.74) is 4.95. The van der Waals surface area contributed by atoms with Crippen molar-refractivity contribution in [3.8, 4) is 5.75 Å². The van der Waals surface area contributed by atoms with Crippen LogP contribution in [0.2, 0.25) is 0 Å². The molecule has 0 saturated carbocycles. The van der Waals surface area contributed by atoms with Crippen LogP contribution < -0.4 is 10.1 Å². The molecule has 0 unspecified atom stereocenters. The van der Waals surface area contributed by atoms with Gasteiger partial charge in [-0.2, -0.15) is 0 Å². The van der Waals surface area contributed by atoms with Crippen LogP contribution in [0.15, 0.2) is 67.0 Å². The molecular formula is C24H24N4O2. The highest BCUT2D eigenvalue weighted by molar-refractivity contribution is 5.93. The number of nitrogens with one attached hydrogen (secondary N) is 1. The molecule has 0 aliphatic heterocycles. The molecule has 2 aromatic carbocycles. The lowest BCUT2D eigenvalue weighted by molar-refractivity contribution is 0.0949. The van der Waals surface area contributed by atoms with Crippen LogP contribution in [-0.2, 0) is 13.1 Å². The minimum absolute atomic E-state index is 0.151. The van der Waals surface area contributed by atoms with Crippen LogP contribution in [0.4, 0.5) is 0 Å². The minimum Gasteiger partial charge on any atom is -0.492 e. The van der Waals surface area contributed by atoms with Gasteiger partial charge in [0.15, 0.2) is 0 Å². The van der Waals surface area contributed by atoms with Crippen molar-refractivity contribution >= 4 is 16.9 Å². The highest BCUT2D eigenvalue weighted by Gasteiger charge is 2.12. The van der Waals surface area contributed by atoms with Gasteiger partial charge in [0.1, 0.15) is 18.2 Å². The van der Waals surface area contributed by atoms with Gasteiger partial charge >= 0.3 is 0 Å². The number of pyridine rings is 1. The predicted octanol–water partition coefficient (Wildman–Crippen LogP) is 4.06. The van der Waals surface area contributed by atoms with Crippen molar-refractivity contribution in [3.05, 3.63) is 89.5 Å². The molecule has 4 rings (SSSR count). The van der Waals surface area contributed by atoms with Crippen LogP contribution in [-0.4, -0.2) is 27.0 Å². The van der Waals surface area contributed by atoms with Gasteiger partial charge in [-0.05, 0) is 61.4 Å². The van der Waals surface area contributed by atoms with E-state index in [9.17, 15) is 4.79 Å². The molecule has 4 aromatic rings. The highest BCUT2D eigenvalue weighted by atomic mass is 16.5. The van der Waals surface area contributed by atoms with E-state index in [4.69, 9.17) is 9.72 Å². The van der Waals surface area contributed by atoms with Gasteiger partial charge in [0, 0.05) is 18.0 Å². The van der Waals surface area contributed by atoms with Crippen molar-refractivity contribution in [2.45, 2.75) is 26.9 Å². The van der Waals surface area contributed by atoms with Gasteiger partial charge in [-0.1, -0.05) is 18.2 Å². The lowest BCUT2D eigenvalue weighted by atomic mass is 10.1. The summed E-state index contributed by atoms with van der Waals surface area (Å²) in [4.78, 5) is 21.1. The Hall–Kier alpha value is -3.67. The molecule has 2 aromatic heterocycles. The van der Waals surface area contributed by atoms with Crippen LogP contribution in [0.3, 0.4) is 0 Å². The molecule has 0 saturated heterocycles. The zero-order chi connectivity index (χ0) is 20.9. The SMILES string of the molecule is Cc1ccc(OCCn2c(CNC(=O)c3ccncc3)nc3ccccc32)cc1C. The number of fused-ring (bicyclic) bond motifs is 1. The summed E-state index contributed by atoms with van der Waals surface area (Å²) >= 11 is 0. The normalized spacial score (nSPS) is 10.9. The number of nitrogens with zero attached hydrogens (tertiary/aromatic N) is 3. The average molecular weight is 400 g/mol. The molecule has 0 spiro atoms. The van der Waals surface area contributed by atoms with E-state index >= 15 is 0 Å². The number of rotatable bonds is 7. The van der Waals surface area contributed by atoms with Gasteiger partial charge in [-0.3, -0.25) is 9.78 Å². The van der Waals surface area contributed by atoms with Crippen molar-refractivity contribution in [2.75, 3.05) is 6.61 Å². The smallest absolute Gasteiger partial charge is 0.251 e. The second kappa shape index (κ2) is 8.78. The standard InChI is InChI=1S/C24H24N4O2/c1-17-7-8-20(15-18(17)2)30-14-13-28-22-6-4-3-5-21(22)27-23(28)16-26-24(29)19-9-11-25-12-10-19/h3-12,15H,13-14,16H2,1-2H3,(H,26,29). The number of hydrogen-bond acceptors (Lipinski definition) is 4. The molecule has 6 heteroatoms. The Morgan fingerprint density at radius 1 is 1.03 bits per heavy atom. The number of hydrogen-bond donors (Lipinski definition) is 1. The molecule has 2 heterocycles. The third-order valence-electron chi connectivity index (χ3n) is 5.15. The Balaban J connectivity index is 1.48. The molecule has 0 bridgehead atoms. The van der Waals surface area contributed by atoms with E-state index in [-0.39, 0.29) is 5.91 Å². The van der Waals surface area contributed by atoms with Gasteiger partial charge in [0.05, 0.1) is 24.1 Å². The van der Waals surface area contributed by atoms with E-state index in [2.05, 4.69) is 40.8 Å². The minimum atomic E-state index is -0.151. The summed E-state index contributed by atoms with van der Waals surface area (Å²) in [7, 11) is 0. The topological polar surface area (TPSA) is 69.0 Å². The molecule has 0 aliphatic rings. The fraction of sp³-hybridized carbons (Fsp3) is 0.208. The molecular weight excluding hydrogens is 376 g/mol. The van der Waals surface area contributed by atoms with Crippen molar-refractivity contribution in [1.82, 2.24) is 19.9 Å². The molecule has 1 amide bonds. The number of carbonyl (C=O) groups is 1. The van der Waals surface area contributed by atoms with Crippen molar-refractivity contribution < 1.29 is 9.53 Å². The van der Waals surface area contributed by atoms with Crippen LogP contribution in [0, 0.1) is 13.8 Å². The number of ether oxygens (including phenoxy) is 1. The number of aryl methyl sites for hydroxylation is 2. The van der Waals surface area contributed by atoms with Crippen LogP contribution in [0.1, 0.15) is 27.3 Å². The van der Waals surface area contributed by atoms with Gasteiger partial charge in [0.25, 0.3) is 5.91 Å². The predicted molar refractivity (Wildman–Crippen MR) is 117 cm³/mol. The Labute approximate surface area is 175 Å². The summed E-state index contributed by atoms with van der Waals surface area (Å²) in [6.45, 7) is 5.64. The Morgan fingerprint density at radius 3 is 2.63 bits per heavy atom. The maximum absolute atomic E-state index is 12.4. The monoisotopic (exact) mass is 400 g/mol. The molecule has 152 valence electrons. The van der Waals surface area contributed by atoms with Gasteiger partial charge in [-0.15, -0.1) is 0 Å². The van der Waals surface area contributed by atoms with Gasteiger partial charge in [-0.25, -0.2) is 4.98 Å². The zero-order valence-corrected chi connectivity index (χ0v) is 17.1. The molecule has 1 N–H and O–H groups in total. The first-order valence-corrected chi connectivity index (χ1v) is 9.94. The van der Waals surface area contributed by atoms with E-state index in [1.807, 2.05) is 30.3 Å². The van der Waals surface area contributed by atoms with E-state index < -0.39 is 0 Å². The van der Waals surface area contributed by atoms with Crippen LogP contribution >= 0.6 is 0 Å². The zero-order valence-electron chi connectivity index (χ0n) is 17.1. The molecule has 0 aliphatic carbocycles. The van der Waals surface area contributed by atoms with Crippen LogP contribution in [0.5, 0.6) is 5.75 Å². The largest absolute Gasteiger partial charge is 0.492 e. The van der Waals surface area contributed by atoms with Crippen molar-refractivity contribution in [2.24, 2.45) is 0 Å². The number of amides is 1. The number of aromatic nitrogens is 3. The van der Waals surface area contributed by atoms with Crippen molar-refractivity contribution in [3.63, 3.8) is 0 Å². The first kappa shape index (κ1) is 19.6. The van der Waals surface area contributed by atoms with E-state index in [0.717, 1.165) is 22.6 Å². The third kappa shape index (κ3) is 4.33. The summed E-state index contributed by atoms with van der Waals surface area (Å²) in [5.74, 6) is 1.50. The second-order valence-electron chi connectivity index (χ2n) is 7.18. The first-order valence-electron chi connectivity index (χ1n) is 9.94. The van der Waals surface area contributed by atoms with E-state index in [0.29, 0.717) is 25.3 Å². The molecule has 6 nitrogen and oxygen atoms in total. The second-order valence-corrected chi connectivity index (χ2v) is 7.18. The number of carbonyl (C=O) groups excluding carboxylic acids is 1. The van der Waals surface area contributed by atoms with Crippen LogP contribution in [0.25, 0.3) is 11.0 Å². The Bertz CT molecular complexity index is 1170. The molecule has 0 radical (unpaired) electrons. The van der Waals surface area contributed by atoms with Gasteiger partial charge in [0.2, 0.25) is 0 Å².